The van der Waals surface area contributed by atoms with Gasteiger partial charge in [0.05, 0.1) is 0 Å². The fraction of sp³-hybridized carbons (Fsp3) is 0.364. The van der Waals surface area contributed by atoms with Gasteiger partial charge in [0.2, 0.25) is 6.29 Å². The van der Waals surface area contributed by atoms with E-state index in [1.807, 2.05) is 6.92 Å². The average Bonchev–Trinajstić information content (AvgIpc) is 2.59. The minimum absolute atomic E-state index is 0.173. The zero-order chi connectivity index (χ0) is 11.7. The molecule has 0 spiro atoms. The van der Waals surface area contributed by atoms with Crippen molar-refractivity contribution in [3.63, 3.8) is 0 Å². The smallest absolute Gasteiger partial charge is 0.241 e. The maximum absolute atomic E-state index is 9.58. The van der Waals surface area contributed by atoms with E-state index in [4.69, 9.17) is 14.9 Å². The largest absolute Gasteiger partial charge is 0.456 e. The lowest BCUT2D eigenvalue weighted by molar-refractivity contribution is 0.00988. The summed E-state index contributed by atoms with van der Waals surface area (Å²) in [7, 11) is 0. The van der Waals surface area contributed by atoms with E-state index in [-0.39, 0.29) is 5.70 Å². The topological polar surface area (TPSA) is 81.0 Å². The van der Waals surface area contributed by atoms with Gasteiger partial charge in [-0.25, -0.2) is 0 Å². The van der Waals surface area contributed by atoms with Gasteiger partial charge in [0.15, 0.2) is 11.5 Å². The molecule has 1 aliphatic rings. The number of fused-ring (bicyclic) bond motifs is 1. The lowest BCUT2D eigenvalue weighted by Crippen LogP contribution is -2.28. The number of aliphatic imine (C=N–C) groups is 1. The molecule has 1 unspecified atom stereocenters. The van der Waals surface area contributed by atoms with Crippen LogP contribution < -0.4 is 10.5 Å². The number of aliphatic hydroxyl groups excluding tert-OH is 1. The van der Waals surface area contributed by atoms with Crippen molar-refractivity contribution in [3.05, 3.63) is 23.3 Å². The Hall–Kier alpha value is -1.75. The van der Waals surface area contributed by atoms with Crippen molar-refractivity contribution in [2.75, 3.05) is 0 Å². The van der Waals surface area contributed by atoms with E-state index in [9.17, 15) is 5.11 Å². The molecule has 2 rings (SSSR count). The van der Waals surface area contributed by atoms with E-state index < -0.39 is 6.29 Å². The molecular weight excluding hydrogens is 208 g/mol. The number of furan rings is 1. The Labute approximate surface area is 93.2 Å². The van der Waals surface area contributed by atoms with Crippen LogP contribution >= 0.6 is 0 Å². The number of rotatable bonds is 2. The van der Waals surface area contributed by atoms with Crippen molar-refractivity contribution < 1.29 is 14.3 Å². The summed E-state index contributed by atoms with van der Waals surface area (Å²) in [6.07, 6.45) is 1.33. The molecule has 3 N–H and O–H groups in total. The van der Waals surface area contributed by atoms with Crippen molar-refractivity contribution >= 4 is 11.9 Å². The highest BCUT2D eigenvalue weighted by atomic mass is 16.6. The molecule has 1 aliphatic heterocycles. The quantitative estimate of drug-likeness (QED) is 0.741. The summed E-state index contributed by atoms with van der Waals surface area (Å²) in [6.45, 7) is 3.76. The Balaban J connectivity index is 2.50. The highest BCUT2D eigenvalue weighted by molar-refractivity contribution is 5.77. The van der Waals surface area contributed by atoms with Crippen LogP contribution in [0.4, 0.5) is 0 Å². The van der Waals surface area contributed by atoms with E-state index in [2.05, 4.69) is 4.99 Å². The molecule has 2 heterocycles. The molecule has 0 saturated heterocycles. The first kappa shape index (κ1) is 10.8. The maximum atomic E-state index is 9.58. The van der Waals surface area contributed by atoms with Crippen molar-refractivity contribution in [1.82, 2.24) is 0 Å². The van der Waals surface area contributed by atoms with E-state index >= 15 is 0 Å². The zero-order valence-electron chi connectivity index (χ0n) is 9.23. The van der Waals surface area contributed by atoms with Crippen LogP contribution in [0.5, 0.6) is 5.75 Å². The second-order valence-corrected chi connectivity index (χ2v) is 3.54. The fourth-order valence-electron chi connectivity index (χ4n) is 1.49. The summed E-state index contributed by atoms with van der Waals surface area (Å²) >= 11 is 0. The van der Waals surface area contributed by atoms with Crippen molar-refractivity contribution in [2.24, 2.45) is 10.7 Å². The minimum atomic E-state index is -1.16. The van der Waals surface area contributed by atoms with Crippen LogP contribution in [-0.4, -0.2) is 17.6 Å². The van der Waals surface area contributed by atoms with Gasteiger partial charge in [-0.15, -0.1) is 0 Å². The minimum Gasteiger partial charge on any atom is -0.456 e. The van der Waals surface area contributed by atoms with Gasteiger partial charge in [0, 0.05) is 12.3 Å². The summed E-state index contributed by atoms with van der Waals surface area (Å²) < 4.78 is 10.6. The molecule has 5 heteroatoms. The molecule has 86 valence electrons. The maximum Gasteiger partial charge on any atom is 0.241 e. The molecule has 0 amide bonds. The van der Waals surface area contributed by atoms with Gasteiger partial charge in [-0.3, -0.25) is 4.99 Å². The van der Waals surface area contributed by atoms with E-state index in [0.717, 1.165) is 6.42 Å². The molecule has 1 aromatic heterocycles. The SMILES string of the molecule is CCC=NC1=C(N)C(O)Oc2cc(C)oc21. The zero-order valence-corrected chi connectivity index (χ0v) is 9.23. The van der Waals surface area contributed by atoms with Gasteiger partial charge in [0.1, 0.15) is 17.2 Å². The molecule has 1 atom stereocenters. The Bertz CT molecular complexity index is 460. The third-order valence-electron chi connectivity index (χ3n) is 2.22. The van der Waals surface area contributed by atoms with Crippen LogP contribution in [0.3, 0.4) is 0 Å². The Morgan fingerprint density at radius 3 is 3.06 bits per heavy atom. The summed E-state index contributed by atoms with van der Waals surface area (Å²) in [4.78, 5) is 4.18. The highest BCUT2D eigenvalue weighted by Crippen LogP contribution is 2.36. The number of hydrogen-bond acceptors (Lipinski definition) is 5. The molecule has 0 bridgehead atoms. The summed E-state index contributed by atoms with van der Waals surface area (Å²) in [5.74, 6) is 1.64. The second-order valence-electron chi connectivity index (χ2n) is 3.54. The van der Waals surface area contributed by atoms with Crippen LogP contribution in [0, 0.1) is 6.92 Å². The first-order valence-corrected chi connectivity index (χ1v) is 5.11. The van der Waals surface area contributed by atoms with Crippen LogP contribution in [0.2, 0.25) is 0 Å². The van der Waals surface area contributed by atoms with Crippen molar-refractivity contribution in [2.45, 2.75) is 26.6 Å². The molecule has 16 heavy (non-hydrogen) atoms. The highest BCUT2D eigenvalue weighted by Gasteiger charge is 2.28. The fourth-order valence-corrected chi connectivity index (χ4v) is 1.49. The molecular formula is C11H14N2O3. The van der Waals surface area contributed by atoms with Crippen LogP contribution in [0.1, 0.15) is 24.9 Å². The van der Waals surface area contributed by atoms with E-state index in [0.29, 0.717) is 23.0 Å². The Kier molecular flexibility index (Phi) is 2.70. The third kappa shape index (κ3) is 1.69. The van der Waals surface area contributed by atoms with Crippen LogP contribution in [-0.2, 0) is 0 Å². The molecule has 0 saturated carbocycles. The first-order chi connectivity index (χ1) is 7.63. The predicted molar refractivity (Wildman–Crippen MR) is 60.0 cm³/mol. The normalized spacial score (nSPS) is 20.1. The standard InChI is InChI=1S/C11H14N2O3/c1-3-4-13-9-8(12)11(14)16-7-5-6(2)15-10(7)9/h4-5,11,14H,3,12H2,1-2H3. The van der Waals surface area contributed by atoms with E-state index in [1.165, 1.54) is 0 Å². The summed E-state index contributed by atoms with van der Waals surface area (Å²) in [5, 5.41) is 9.58. The van der Waals surface area contributed by atoms with Gasteiger partial charge in [0.25, 0.3) is 0 Å². The lowest BCUT2D eigenvalue weighted by atomic mass is 10.2. The summed E-state index contributed by atoms with van der Waals surface area (Å²) in [5.41, 5.74) is 6.34. The van der Waals surface area contributed by atoms with E-state index in [1.54, 1.807) is 19.2 Å². The lowest BCUT2D eigenvalue weighted by Gasteiger charge is -2.19. The Morgan fingerprint density at radius 1 is 1.62 bits per heavy atom. The number of nitrogens with zero attached hydrogens (tertiary/aromatic N) is 1. The van der Waals surface area contributed by atoms with Gasteiger partial charge in [-0.05, 0) is 13.3 Å². The molecule has 0 fully saturated rings. The van der Waals surface area contributed by atoms with Crippen LogP contribution in [0.25, 0.3) is 5.70 Å². The third-order valence-corrected chi connectivity index (χ3v) is 2.22. The predicted octanol–water partition coefficient (Wildman–Crippen LogP) is 1.41. The number of nitrogens with two attached hydrogens (primary N) is 1. The molecule has 0 radical (unpaired) electrons. The van der Waals surface area contributed by atoms with Gasteiger partial charge in [-0.1, -0.05) is 6.92 Å². The first-order valence-electron chi connectivity index (χ1n) is 5.11. The average molecular weight is 222 g/mol. The van der Waals surface area contributed by atoms with Gasteiger partial charge >= 0.3 is 0 Å². The molecule has 0 aromatic carbocycles. The van der Waals surface area contributed by atoms with Crippen molar-refractivity contribution in [3.8, 4) is 5.75 Å². The number of ether oxygens (including phenoxy) is 1. The number of aliphatic hydroxyl groups is 1. The molecule has 0 aliphatic carbocycles. The van der Waals surface area contributed by atoms with Gasteiger partial charge < -0.3 is 20.0 Å². The number of hydrogen-bond donors (Lipinski definition) is 2. The second kappa shape index (κ2) is 4.02. The summed E-state index contributed by atoms with van der Waals surface area (Å²) in [6, 6.07) is 1.70. The van der Waals surface area contributed by atoms with Gasteiger partial charge in [-0.2, -0.15) is 0 Å². The molecule has 1 aromatic rings. The molecule has 5 nitrogen and oxygen atoms in total. The number of aryl methyl sites for hydroxylation is 1. The monoisotopic (exact) mass is 222 g/mol. The van der Waals surface area contributed by atoms with Crippen LogP contribution in [0.15, 0.2) is 21.2 Å². The van der Waals surface area contributed by atoms with Crippen molar-refractivity contribution in [1.29, 1.82) is 0 Å². The Morgan fingerprint density at radius 2 is 2.38 bits per heavy atom.